The Balaban J connectivity index is 1.41. The third kappa shape index (κ3) is 5.53. The number of aromatic nitrogens is 2. The lowest BCUT2D eigenvalue weighted by Crippen LogP contribution is -2.50. The molecular weight excluding hydrogens is 526 g/mol. The van der Waals surface area contributed by atoms with Gasteiger partial charge in [0.05, 0.1) is 30.4 Å². The Morgan fingerprint density at radius 2 is 1.66 bits per heavy atom. The van der Waals surface area contributed by atoms with Gasteiger partial charge in [-0.15, -0.1) is 0 Å². The second-order valence-electron chi connectivity index (χ2n) is 11.5. The number of imide groups is 1. The van der Waals surface area contributed by atoms with E-state index < -0.39 is 11.6 Å². The SMILES string of the molecule is COc1ccc(CN2C(=O)CCC(n3c(=O)n(C)c4c(N5CCN(C(=O)OC(C)(C)C)CC5)cccc43)C2=O)cc1. The van der Waals surface area contributed by atoms with Crippen LogP contribution >= 0.6 is 0 Å². The van der Waals surface area contributed by atoms with Crippen molar-refractivity contribution in [2.24, 2.45) is 7.05 Å². The summed E-state index contributed by atoms with van der Waals surface area (Å²) >= 11 is 0. The standard InChI is InChI=1S/C30H37N5O6/c1-30(2,3)41-29(39)33-17-15-32(16-18-33)22-7-6-8-23-26(22)31(4)28(38)35(23)24-13-14-25(36)34(27(24)37)19-20-9-11-21(40-5)12-10-20/h6-12,24H,13-19H2,1-5H3. The van der Waals surface area contributed by atoms with E-state index in [0.29, 0.717) is 37.4 Å². The van der Waals surface area contributed by atoms with Gasteiger partial charge in [0, 0.05) is 39.6 Å². The number of piperidine rings is 1. The van der Waals surface area contributed by atoms with E-state index in [2.05, 4.69) is 4.90 Å². The van der Waals surface area contributed by atoms with Gasteiger partial charge in [-0.1, -0.05) is 18.2 Å². The molecule has 3 heterocycles. The number of rotatable bonds is 5. The highest BCUT2D eigenvalue weighted by Crippen LogP contribution is 2.32. The van der Waals surface area contributed by atoms with Crippen molar-refractivity contribution in [1.29, 1.82) is 0 Å². The number of piperazine rings is 1. The second-order valence-corrected chi connectivity index (χ2v) is 11.5. The smallest absolute Gasteiger partial charge is 0.410 e. The lowest BCUT2D eigenvalue weighted by molar-refractivity contribution is -0.151. The Morgan fingerprint density at radius 3 is 2.29 bits per heavy atom. The zero-order valence-corrected chi connectivity index (χ0v) is 24.3. The van der Waals surface area contributed by atoms with Gasteiger partial charge in [-0.05, 0) is 57.0 Å². The number of nitrogens with zero attached hydrogens (tertiary/aromatic N) is 5. The number of hydrogen-bond donors (Lipinski definition) is 0. The molecule has 41 heavy (non-hydrogen) atoms. The molecule has 2 aliphatic rings. The number of ether oxygens (including phenoxy) is 2. The number of imidazole rings is 1. The van der Waals surface area contributed by atoms with Gasteiger partial charge in [-0.3, -0.25) is 23.6 Å². The summed E-state index contributed by atoms with van der Waals surface area (Å²) in [4.78, 5) is 57.8. The van der Waals surface area contributed by atoms with Gasteiger partial charge in [0.2, 0.25) is 5.91 Å². The molecule has 0 N–H and O–H groups in total. The van der Waals surface area contributed by atoms with Crippen molar-refractivity contribution >= 4 is 34.6 Å². The molecule has 0 saturated carbocycles. The van der Waals surface area contributed by atoms with Crippen LogP contribution < -0.4 is 15.3 Å². The van der Waals surface area contributed by atoms with Crippen LogP contribution in [0.2, 0.25) is 0 Å². The number of methoxy groups -OCH3 is 1. The first kappa shape index (κ1) is 28.3. The summed E-state index contributed by atoms with van der Waals surface area (Å²) in [7, 11) is 3.28. The number of likely N-dealkylation sites (tertiary alicyclic amines) is 1. The van der Waals surface area contributed by atoms with E-state index in [0.717, 1.165) is 16.8 Å². The maximum Gasteiger partial charge on any atom is 0.410 e. The first-order valence-electron chi connectivity index (χ1n) is 13.9. The molecule has 2 fully saturated rings. The zero-order valence-electron chi connectivity index (χ0n) is 24.3. The Bertz CT molecular complexity index is 1530. The first-order valence-corrected chi connectivity index (χ1v) is 13.9. The molecule has 0 radical (unpaired) electrons. The second kappa shape index (κ2) is 10.9. The third-order valence-electron chi connectivity index (χ3n) is 7.65. The zero-order chi connectivity index (χ0) is 29.5. The van der Waals surface area contributed by atoms with Crippen LogP contribution in [0.1, 0.15) is 45.2 Å². The summed E-state index contributed by atoms with van der Waals surface area (Å²) in [5.74, 6) is 0.0502. The Morgan fingerprint density at radius 1 is 0.976 bits per heavy atom. The van der Waals surface area contributed by atoms with Gasteiger partial charge < -0.3 is 19.3 Å². The molecule has 0 bridgehead atoms. The normalized spacial score (nSPS) is 18.3. The topological polar surface area (TPSA) is 106 Å². The van der Waals surface area contributed by atoms with Crippen LogP contribution in [0.4, 0.5) is 10.5 Å². The van der Waals surface area contributed by atoms with Crippen LogP contribution in [0.25, 0.3) is 11.0 Å². The van der Waals surface area contributed by atoms with E-state index in [4.69, 9.17) is 9.47 Å². The number of amides is 3. The van der Waals surface area contributed by atoms with Crippen molar-refractivity contribution in [1.82, 2.24) is 18.9 Å². The summed E-state index contributed by atoms with van der Waals surface area (Å²) in [6.45, 7) is 7.79. The van der Waals surface area contributed by atoms with E-state index in [1.807, 2.05) is 51.1 Å². The maximum absolute atomic E-state index is 13.7. The summed E-state index contributed by atoms with van der Waals surface area (Å²) < 4.78 is 13.8. The van der Waals surface area contributed by atoms with Gasteiger partial charge in [0.1, 0.15) is 17.4 Å². The highest BCUT2D eigenvalue weighted by atomic mass is 16.6. The minimum absolute atomic E-state index is 0.130. The van der Waals surface area contributed by atoms with Crippen LogP contribution in [0.5, 0.6) is 5.75 Å². The van der Waals surface area contributed by atoms with Crippen LogP contribution in [-0.2, 0) is 27.9 Å². The number of anilines is 1. The molecular formula is C30H37N5O6. The van der Waals surface area contributed by atoms with Crippen molar-refractivity contribution in [2.75, 3.05) is 38.2 Å². The lowest BCUT2D eigenvalue weighted by Gasteiger charge is -2.37. The van der Waals surface area contributed by atoms with Crippen molar-refractivity contribution in [3.63, 3.8) is 0 Å². The Labute approximate surface area is 238 Å². The van der Waals surface area contributed by atoms with Crippen LogP contribution in [-0.4, -0.2) is 75.7 Å². The fraction of sp³-hybridized carbons (Fsp3) is 0.467. The fourth-order valence-corrected chi connectivity index (χ4v) is 5.57. The van der Waals surface area contributed by atoms with E-state index in [1.165, 1.54) is 9.47 Å². The van der Waals surface area contributed by atoms with Crippen molar-refractivity contribution in [3.8, 4) is 5.75 Å². The average molecular weight is 564 g/mol. The molecule has 0 spiro atoms. The fourth-order valence-electron chi connectivity index (χ4n) is 5.57. The van der Waals surface area contributed by atoms with E-state index in [1.54, 1.807) is 35.8 Å². The third-order valence-corrected chi connectivity index (χ3v) is 7.65. The minimum Gasteiger partial charge on any atom is -0.497 e. The molecule has 1 atom stereocenters. The molecule has 3 amide bonds. The number of carbonyl (C=O) groups excluding carboxylic acids is 3. The molecule has 1 unspecified atom stereocenters. The highest BCUT2D eigenvalue weighted by molar-refractivity contribution is 6.00. The molecule has 218 valence electrons. The van der Waals surface area contributed by atoms with Gasteiger partial charge >= 0.3 is 11.8 Å². The molecule has 11 nitrogen and oxygen atoms in total. The van der Waals surface area contributed by atoms with E-state index in [9.17, 15) is 19.2 Å². The summed E-state index contributed by atoms with van der Waals surface area (Å²) in [6.07, 6.45) is 0.0921. The summed E-state index contributed by atoms with van der Waals surface area (Å²) in [5.41, 5.74) is 2.14. The minimum atomic E-state index is -0.790. The van der Waals surface area contributed by atoms with E-state index >= 15 is 0 Å². The molecule has 11 heteroatoms. The molecule has 2 aliphatic heterocycles. The van der Waals surface area contributed by atoms with Crippen molar-refractivity contribution < 1.29 is 23.9 Å². The molecule has 0 aliphatic carbocycles. The predicted octanol–water partition coefficient (Wildman–Crippen LogP) is 3.30. The summed E-state index contributed by atoms with van der Waals surface area (Å²) in [5, 5.41) is 0. The Kier molecular flexibility index (Phi) is 7.54. The van der Waals surface area contributed by atoms with Crippen molar-refractivity contribution in [3.05, 3.63) is 58.5 Å². The van der Waals surface area contributed by atoms with Crippen LogP contribution in [0.15, 0.2) is 47.3 Å². The molecule has 2 saturated heterocycles. The van der Waals surface area contributed by atoms with Crippen LogP contribution in [0.3, 0.4) is 0 Å². The van der Waals surface area contributed by atoms with Crippen LogP contribution in [0, 0.1) is 0 Å². The van der Waals surface area contributed by atoms with Gasteiger partial charge in [0.15, 0.2) is 0 Å². The number of benzene rings is 2. The summed E-state index contributed by atoms with van der Waals surface area (Å²) in [6, 6.07) is 12.1. The quantitative estimate of drug-likeness (QED) is 0.439. The monoisotopic (exact) mass is 563 g/mol. The number of aryl methyl sites for hydroxylation is 1. The highest BCUT2D eigenvalue weighted by Gasteiger charge is 2.38. The number of hydrogen-bond acceptors (Lipinski definition) is 7. The Hall–Kier alpha value is -4.28. The largest absolute Gasteiger partial charge is 0.497 e. The number of para-hydroxylation sites is 1. The molecule has 1 aromatic heterocycles. The first-order chi connectivity index (χ1) is 19.5. The predicted molar refractivity (Wildman–Crippen MR) is 154 cm³/mol. The van der Waals surface area contributed by atoms with E-state index in [-0.39, 0.29) is 43.0 Å². The molecule has 5 rings (SSSR count). The lowest BCUT2D eigenvalue weighted by atomic mass is 10.0. The van der Waals surface area contributed by atoms with Crippen molar-refractivity contribution in [2.45, 2.75) is 51.8 Å². The molecule has 3 aromatic rings. The van der Waals surface area contributed by atoms with Gasteiger partial charge in [-0.25, -0.2) is 9.59 Å². The number of fused-ring (bicyclic) bond motifs is 1. The van der Waals surface area contributed by atoms with Gasteiger partial charge in [-0.2, -0.15) is 0 Å². The average Bonchev–Trinajstić information content (AvgIpc) is 3.20. The van der Waals surface area contributed by atoms with Gasteiger partial charge in [0.25, 0.3) is 5.91 Å². The maximum atomic E-state index is 13.7. The molecule has 2 aromatic carbocycles. The number of carbonyl (C=O) groups is 3.